The molecule has 0 radical (unpaired) electrons. The van der Waals surface area contributed by atoms with Crippen molar-refractivity contribution in [3.05, 3.63) is 42.5 Å². The second kappa shape index (κ2) is 3.96. The first-order valence-electron chi connectivity index (χ1n) is 4.12. The number of hydrogen-bond donors (Lipinski definition) is 0. The second-order valence-corrected chi connectivity index (χ2v) is 3.73. The summed E-state index contributed by atoms with van der Waals surface area (Å²) in [6, 6.07) is 13.5. The molecule has 0 aromatic heterocycles. The van der Waals surface area contributed by atoms with Crippen molar-refractivity contribution in [3.8, 4) is 5.75 Å². The van der Waals surface area contributed by atoms with Gasteiger partial charge in [0, 0.05) is 0 Å². The fourth-order valence-electron chi connectivity index (χ4n) is 1.32. The molecule has 0 spiro atoms. The SMILES string of the molecule is O=C(I)Oc1ccc2ccccc2c1. The van der Waals surface area contributed by atoms with Crippen LogP contribution < -0.4 is 4.74 Å². The number of hydrogen-bond acceptors (Lipinski definition) is 2. The van der Waals surface area contributed by atoms with E-state index in [2.05, 4.69) is 0 Å². The fraction of sp³-hybridized carbons (Fsp3) is 0. The van der Waals surface area contributed by atoms with E-state index in [1.54, 1.807) is 28.7 Å². The standard InChI is InChI=1S/C11H7IO2/c12-11(13)14-10-6-5-8-3-1-2-4-9(8)7-10/h1-7H. The molecule has 2 aromatic rings. The first-order valence-corrected chi connectivity index (χ1v) is 5.20. The van der Waals surface area contributed by atoms with Crippen LogP contribution in [0.5, 0.6) is 5.75 Å². The molecule has 14 heavy (non-hydrogen) atoms. The van der Waals surface area contributed by atoms with Crippen molar-refractivity contribution in [2.24, 2.45) is 0 Å². The van der Waals surface area contributed by atoms with Crippen molar-refractivity contribution < 1.29 is 9.53 Å². The van der Waals surface area contributed by atoms with Crippen LogP contribution in [-0.2, 0) is 0 Å². The van der Waals surface area contributed by atoms with E-state index in [-0.39, 0.29) is 3.98 Å². The van der Waals surface area contributed by atoms with Crippen LogP contribution in [0, 0.1) is 0 Å². The van der Waals surface area contributed by atoms with E-state index in [0.29, 0.717) is 5.75 Å². The van der Waals surface area contributed by atoms with Crippen LogP contribution in [0.4, 0.5) is 4.79 Å². The molecular weight excluding hydrogens is 291 g/mol. The zero-order valence-corrected chi connectivity index (χ0v) is 9.39. The van der Waals surface area contributed by atoms with Gasteiger partial charge in [-0.1, -0.05) is 30.3 Å². The molecule has 0 aliphatic heterocycles. The van der Waals surface area contributed by atoms with Crippen LogP contribution in [0.2, 0.25) is 0 Å². The highest BCUT2D eigenvalue weighted by Crippen LogP contribution is 2.21. The van der Waals surface area contributed by atoms with E-state index in [1.165, 1.54) is 0 Å². The maximum Gasteiger partial charge on any atom is 0.372 e. The highest BCUT2D eigenvalue weighted by molar-refractivity contribution is 14.1. The minimum absolute atomic E-state index is 0.321. The van der Waals surface area contributed by atoms with E-state index < -0.39 is 0 Å². The molecule has 0 heterocycles. The Hall–Kier alpha value is -1.10. The topological polar surface area (TPSA) is 26.3 Å². The number of fused-ring (bicyclic) bond motifs is 1. The number of rotatable bonds is 1. The van der Waals surface area contributed by atoms with Crippen LogP contribution in [-0.4, -0.2) is 3.98 Å². The molecule has 70 valence electrons. The van der Waals surface area contributed by atoms with E-state index in [0.717, 1.165) is 10.8 Å². The minimum Gasteiger partial charge on any atom is -0.419 e. The molecule has 2 nitrogen and oxygen atoms in total. The summed E-state index contributed by atoms with van der Waals surface area (Å²) in [7, 11) is 0. The Bertz CT molecular complexity index is 479. The Kier molecular flexibility index (Phi) is 2.67. The Balaban J connectivity index is 2.46. The van der Waals surface area contributed by atoms with Crippen molar-refractivity contribution in [2.45, 2.75) is 0 Å². The lowest BCUT2D eigenvalue weighted by molar-refractivity contribution is 0.230. The second-order valence-electron chi connectivity index (χ2n) is 2.85. The van der Waals surface area contributed by atoms with E-state index in [4.69, 9.17) is 4.74 Å². The van der Waals surface area contributed by atoms with Gasteiger partial charge in [-0.2, -0.15) is 0 Å². The van der Waals surface area contributed by atoms with Crippen molar-refractivity contribution in [3.63, 3.8) is 0 Å². The van der Waals surface area contributed by atoms with Gasteiger partial charge in [-0.15, -0.1) is 0 Å². The van der Waals surface area contributed by atoms with Crippen molar-refractivity contribution in [2.75, 3.05) is 0 Å². The monoisotopic (exact) mass is 298 g/mol. The van der Waals surface area contributed by atoms with E-state index in [9.17, 15) is 4.79 Å². The molecule has 0 unspecified atom stereocenters. The van der Waals surface area contributed by atoms with E-state index >= 15 is 0 Å². The molecule has 0 saturated heterocycles. The van der Waals surface area contributed by atoms with Crippen molar-refractivity contribution >= 4 is 37.3 Å². The average Bonchev–Trinajstić information content (AvgIpc) is 2.17. The summed E-state index contributed by atoms with van der Waals surface area (Å²) in [6.45, 7) is 0. The van der Waals surface area contributed by atoms with Crippen LogP contribution >= 0.6 is 22.6 Å². The van der Waals surface area contributed by atoms with Gasteiger partial charge in [0.05, 0.1) is 22.6 Å². The number of ether oxygens (including phenoxy) is 1. The Morgan fingerprint density at radius 1 is 1.07 bits per heavy atom. The van der Waals surface area contributed by atoms with Gasteiger partial charge in [0.2, 0.25) is 0 Å². The number of halogens is 1. The van der Waals surface area contributed by atoms with Crippen LogP contribution in [0.25, 0.3) is 10.8 Å². The van der Waals surface area contributed by atoms with Crippen LogP contribution in [0.1, 0.15) is 0 Å². The lowest BCUT2D eigenvalue weighted by Gasteiger charge is -2.01. The van der Waals surface area contributed by atoms with Gasteiger partial charge in [0.15, 0.2) is 0 Å². The van der Waals surface area contributed by atoms with Gasteiger partial charge in [-0.25, -0.2) is 4.79 Å². The van der Waals surface area contributed by atoms with Crippen LogP contribution in [0.3, 0.4) is 0 Å². The molecule has 2 rings (SSSR count). The Labute approximate surface area is 95.0 Å². The van der Waals surface area contributed by atoms with E-state index in [1.807, 2.05) is 36.4 Å². The van der Waals surface area contributed by atoms with Gasteiger partial charge in [-0.3, -0.25) is 0 Å². The maximum absolute atomic E-state index is 10.7. The lowest BCUT2D eigenvalue weighted by Crippen LogP contribution is -1.94. The molecular formula is C11H7IO2. The zero-order chi connectivity index (χ0) is 9.97. The maximum atomic E-state index is 10.7. The third-order valence-corrected chi connectivity index (χ3v) is 2.14. The summed E-state index contributed by atoms with van der Waals surface area (Å²) in [4.78, 5) is 10.7. The zero-order valence-electron chi connectivity index (χ0n) is 7.24. The molecule has 0 N–H and O–H groups in total. The number of benzene rings is 2. The highest BCUT2D eigenvalue weighted by Gasteiger charge is 1.99. The average molecular weight is 298 g/mol. The summed E-state index contributed by atoms with van der Waals surface area (Å²) >= 11 is 1.61. The molecule has 0 fully saturated rings. The quantitative estimate of drug-likeness (QED) is 0.591. The largest absolute Gasteiger partial charge is 0.419 e. The predicted molar refractivity (Wildman–Crippen MR) is 64.0 cm³/mol. The fourth-order valence-corrected chi connectivity index (χ4v) is 1.58. The molecule has 0 amide bonds. The third-order valence-electron chi connectivity index (χ3n) is 1.92. The van der Waals surface area contributed by atoms with Crippen molar-refractivity contribution in [1.82, 2.24) is 0 Å². The Morgan fingerprint density at radius 2 is 1.79 bits per heavy atom. The molecule has 2 aromatic carbocycles. The summed E-state index contributed by atoms with van der Waals surface area (Å²) in [5.41, 5.74) is 0. The smallest absolute Gasteiger partial charge is 0.372 e. The van der Waals surface area contributed by atoms with Crippen LogP contribution in [0.15, 0.2) is 42.5 Å². The van der Waals surface area contributed by atoms with Gasteiger partial charge in [-0.05, 0) is 22.9 Å². The molecule has 3 heteroatoms. The minimum atomic E-state index is -0.321. The van der Waals surface area contributed by atoms with Gasteiger partial charge in [0.25, 0.3) is 0 Å². The highest BCUT2D eigenvalue weighted by atomic mass is 127. The van der Waals surface area contributed by atoms with Gasteiger partial charge < -0.3 is 4.74 Å². The summed E-state index contributed by atoms with van der Waals surface area (Å²) in [5.74, 6) is 0.586. The van der Waals surface area contributed by atoms with Crippen molar-refractivity contribution in [1.29, 1.82) is 0 Å². The molecule has 0 aliphatic carbocycles. The molecule has 0 bridgehead atoms. The summed E-state index contributed by atoms with van der Waals surface area (Å²) < 4.78 is 4.65. The number of carbonyl (C=O) groups excluding carboxylic acids is 1. The number of carbonyl (C=O) groups is 1. The first kappa shape index (κ1) is 9.45. The molecule has 0 saturated carbocycles. The predicted octanol–water partition coefficient (Wildman–Crippen LogP) is 3.77. The normalized spacial score (nSPS) is 10.1. The third kappa shape index (κ3) is 2.04. The summed E-state index contributed by atoms with van der Waals surface area (Å²) in [5, 5.41) is 2.21. The van der Waals surface area contributed by atoms with Gasteiger partial charge in [0.1, 0.15) is 5.75 Å². The first-order chi connectivity index (χ1) is 6.75. The van der Waals surface area contributed by atoms with Gasteiger partial charge >= 0.3 is 3.98 Å². The summed E-state index contributed by atoms with van der Waals surface area (Å²) in [6.07, 6.45) is 0. The lowest BCUT2D eigenvalue weighted by atomic mass is 10.1. The Morgan fingerprint density at radius 3 is 2.50 bits per heavy atom. The molecule has 0 aliphatic rings. The molecule has 0 atom stereocenters.